The number of hydrogen-bond donors (Lipinski definition) is 0. The van der Waals surface area contributed by atoms with E-state index in [1.807, 2.05) is 33.9 Å². The Morgan fingerprint density at radius 1 is 1.36 bits per heavy atom. The zero-order valence-electron chi connectivity index (χ0n) is 13.6. The van der Waals surface area contributed by atoms with Gasteiger partial charge in [-0.2, -0.15) is 5.10 Å². The van der Waals surface area contributed by atoms with Gasteiger partial charge in [-0.15, -0.1) is 0 Å². The molecule has 0 N–H and O–H groups in total. The minimum Gasteiger partial charge on any atom is -0.396 e. The smallest absolute Gasteiger partial charge is 0.149 e. The highest BCUT2D eigenvalue weighted by atomic mass is 16.6. The molecule has 0 amide bonds. The largest absolute Gasteiger partial charge is 0.396 e. The quantitative estimate of drug-likeness (QED) is 0.475. The van der Waals surface area contributed by atoms with E-state index < -0.39 is 5.92 Å². The summed E-state index contributed by atoms with van der Waals surface area (Å²) >= 11 is 0. The Morgan fingerprint density at radius 3 is 2.45 bits per heavy atom. The fourth-order valence-corrected chi connectivity index (χ4v) is 3.04. The molecule has 1 aromatic rings. The van der Waals surface area contributed by atoms with E-state index in [2.05, 4.69) is 10.3 Å². The van der Waals surface area contributed by atoms with Gasteiger partial charge in [0.25, 0.3) is 0 Å². The van der Waals surface area contributed by atoms with Crippen LogP contribution in [-0.2, 0) is 21.5 Å². The van der Waals surface area contributed by atoms with Gasteiger partial charge >= 0.3 is 0 Å². The number of oxime groups is 1. The average Bonchev–Trinajstić information content (AvgIpc) is 2.80. The van der Waals surface area contributed by atoms with E-state index in [0.717, 1.165) is 11.4 Å². The summed E-state index contributed by atoms with van der Waals surface area (Å²) in [7, 11) is 1.84. The molecule has 1 aliphatic carbocycles. The first kappa shape index (κ1) is 16.4. The van der Waals surface area contributed by atoms with Crippen molar-refractivity contribution in [2.45, 2.75) is 46.0 Å². The van der Waals surface area contributed by atoms with Crippen molar-refractivity contribution in [1.82, 2.24) is 9.78 Å². The summed E-state index contributed by atoms with van der Waals surface area (Å²) in [6, 6.07) is 1.95. The van der Waals surface area contributed by atoms with Gasteiger partial charge in [-0.3, -0.25) is 14.3 Å². The monoisotopic (exact) mass is 305 g/mol. The summed E-state index contributed by atoms with van der Waals surface area (Å²) in [5.74, 6) is -0.962. The molecule has 6 heteroatoms. The van der Waals surface area contributed by atoms with E-state index in [0.29, 0.717) is 31.6 Å². The Balaban J connectivity index is 2.20. The molecule has 0 unspecified atom stereocenters. The molecule has 1 saturated carbocycles. The highest BCUT2D eigenvalue weighted by molar-refractivity contribution is 6.22. The van der Waals surface area contributed by atoms with Crippen molar-refractivity contribution in [1.29, 1.82) is 0 Å². The molecule has 0 atom stereocenters. The first-order valence-corrected chi connectivity index (χ1v) is 7.72. The predicted molar refractivity (Wildman–Crippen MR) is 82.8 cm³/mol. The summed E-state index contributed by atoms with van der Waals surface area (Å²) in [6.45, 7) is 6.04. The van der Waals surface area contributed by atoms with Crippen LogP contribution in [0.1, 0.15) is 50.4 Å². The lowest BCUT2D eigenvalue weighted by Gasteiger charge is -2.26. The van der Waals surface area contributed by atoms with Crippen LogP contribution in [0.2, 0.25) is 0 Å². The van der Waals surface area contributed by atoms with Crippen molar-refractivity contribution >= 4 is 17.3 Å². The maximum absolute atomic E-state index is 12.5. The third kappa shape index (κ3) is 3.26. The third-order valence-electron chi connectivity index (χ3n) is 4.00. The van der Waals surface area contributed by atoms with E-state index in [1.165, 1.54) is 0 Å². The lowest BCUT2D eigenvalue weighted by Crippen LogP contribution is -2.38. The average molecular weight is 305 g/mol. The van der Waals surface area contributed by atoms with Crippen molar-refractivity contribution in [3.63, 3.8) is 0 Å². The van der Waals surface area contributed by atoms with Crippen LogP contribution in [0.4, 0.5) is 0 Å². The lowest BCUT2D eigenvalue weighted by atomic mass is 9.76. The highest BCUT2D eigenvalue weighted by Crippen LogP contribution is 2.33. The molecule has 1 heterocycles. The number of hydrogen-bond acceptors (Lipinski definition) is 5. The van der Waals surface area contributed by atoms with Gasteiger partial charge in [0.1, 0.15) is 24.1 Å². The van der Waals surface area contributed by atoms with Crippen molar-refractivity contribution in [3.05, 3.63) is 17.5 Å². The van der Waals surface area contributed by atoms with Gasteiger partial charge < -0.3 is 4.84 Å². The third-order valence-corrected chi connectivity index (χ3v) is 4.00. The molecule has 1 aliphatic rings. The van der Waals surface area contributed by atoms with Crippen LogP contribution in [0, 0.1) is 12.8 Å². The van der Waals surface area contributed by atoms with Crippen molar-refractivity contribution in [2.24, 2.45) is 18.1 Å². The summed E-state index contributed by atoms with van der Waals surface area (Å²) in [6.07, 6.45) is 1.23. The second-order valence-electron chi connectivity index (χ2n) is 5.66. The van der Waals surface area contributed by atoms with Gasteiger partial charge in [0.15, 0.2) is 0 Å². The fraction of sp³-hybridized carbons (Fsp3) is 0.625. The Bertz CT molecular complexity index is 586. The molecule has 1 aromatic heterocycles. The molecule has 0 bridgehead atoms. The molecule has 2 rings (SSSR count). The lowest BCUT2D eigenvalue weighted by molar-refractivity contribution is -0.133. The molecule has 0 aromatic carbocycles. The first-order chi connectivity index (χ1) is 10.5. The van der Waals surface area contributed by atoms with Gasteiger partial charge in [0.05, 0.1) is 11.4 Å². The maximum atomic E-state index is 12.5. The molecule has 0 radical (unpaired) electrons. The molecule has 6 nitrogen and oxygen atoms in total. The minimum absolute atomic E-state index is 0.0691. The van der Waals surface area contributed by atoms with E-state index >= 15 is 0 Å². The topological polar surface area (TPSA) is 73.5 Å². The molecule has 22 heavy (non-hydrogen) atoms. The Morgan fingerprint density at radius 2 is 2.00 bits per heavy atom. The summed E-state index contributed by atoms with van der Waals surface area (Å²) in [4.78, 5) is 30.0. The Kier molecular flexibility index (Phi) is 5.11. The fourth-order valence-electron chi connectivity index (χ4n) is 3.04. The van der Waals surface area contributed by atoms with Gasteiger partial charge in [-0.1, -0.05) is 12.1 Å². The number of nitrogens with zero attached hydrogens (tertiary/aromatic N) is 3. The number of aryl methyl sites for hydroxylation is 2. The van der Waals surface area contributed by atoms with Crippen LogP contribution in [0.3, 0.4) is 0 Å². The van der Waals surface area contributed by atoms with Gasteiger partial charge in [0, 0.05) is 31.5 Å². The van der Waals surface area contributed by atoms with E-state index in [9.17, 15) is 9.59 Å². The van der Waals surface area contributed by atoms with Gasteiger partial charge in [0.2, 0.25) is 0 Å². The SMILES string of the molecule is CCO/N=C(/CC)C1C(=O)CC(c2cc(C)nn2C)CC1=O. The predicted octanol–water partition coefficient (Wildman–Crippen LogP) is 2.16. The van der Waals surface area contributed by atoms with Gasteiger partial charge in [-0.05, 0) is 26.3 Å². The highest BCUT2D eigenvalue weighted by Gasteiger charge is 2.39. The number of carbonyl (C=O) groups excluding carboxylic acids is 2. The number of rotatable bonds is 5. The zero-order chi connectivity index (χ0) is 16.3. The Hall–Kier alpha value is -1.98. The number of carbonyl (C=O) groups is 2. The summed E-state index contributed by atoms with van der Waals surface area (Å²) < 4.78 is 1.76. The van der Waals surface area contributed by atoms with E-state index in [-0.39, 0.29) is 17.5 Å². The molecule has 1 fully saturated rings. The summed E-state index contributed by atoms with van der Waals surface area (Å²) in [5.41, 5.74) is 2.38. The molecular weight excluding hydrogens is 282 g/mol. The molecule has 0 aliphatic heterocycles. The maximum Gasteiger partial charge on any atom is 0.149 e. The number of ketones is 2. The number of Topliss-reactive ketones (excluding diaryl/α,β-unsaturated/α-hetero) is 2. The molecular formula is C16H23N3O3. The second-order valence-corrected chi connectivity index (χ2v) is 5.66. The minimum atomic E-state index is -0.734. The van der Waals surface area contributed by atoms with Crippen LogP contribution in [-0.4, -0.2) is 33.7 Å². The second kappa shape index (κ2) is 6.85. The molecule has 0 saturated heterocycles. The normalized spacial score (nSPS) is 23.0. The van der Waals surface area contributed by atoms with Gasteiger partial charge in [-0.25, -0.2) is 0 Å². The Labute approximate surface area is 130 Å². The van der Waals surface area contributed by atoms with Crippen molar-refractivity contribution < 1.29 is 14.4 Å². The van der Waals surface area contributed by atoms with Crippen LogP contribution >= 0.6 is 0 Å². The summed E-state index contributed by atoms with van der Waals surface area (Å²) in [5, 5.41) is 8.26. The van der Waals surface area contributed by atoms with Crippen LogP contribution < -0.4 is 0 Å². The van der Waals surface area contributed by atoms with Crippen molar-refractivity contribution in [2.75, 3.05) is 6.61 Å². The number of aromatic nitrogens is 2. The van der Waals surface area contributed by atoms with Crippen LogP contribution in [0.15, 0.2) is 11.2 Å². The van der Waals surface area contributed by atoms with Crippen LogP contribution in [0.5, 0.6) is 0 Å². The zero-order valence-corrected chi connectivity index (χ0v) is 13.6. The van der Waals surface area contributed by atoms with E-state index in [4.69, 9.17) is 4.84 Å². The van der Waals surface area contributed by atoms with Crippen LogP contribution in [0.25, 0.3) is 0 Å². The van der Waals surface area contributed by atoms with Crippen molar-refractivity contribution in [3.8, 4) is 0 Å². The standard InChI is InChI=1S/C16H23N3O3/c1-5-12(18-22-6-2)16-14(20)8-11(9-15(16)21)13-7-10(3)17-19(13)4/h7,11,16H,5-6,8-9H2,1-4H3/b18-12-. The first-order valence-electron chi connectivity index (χ1n) is 7.72. The molecule has 0 spiro atoms. The molecule has 120 valence electrons. The van der Waals surface area contributed by atoms with E-state index in [1.54, 1.807) is 4.68 Å².